The molecule has 158 valence electrons. The lowest BCUT2D eigenvalue weighted by Gasteiger charge is -2.16. The van der Waals surface area contributed by atoms with Crippen molar-refractivity contribution in [2.24, 2.45) is 0 Å². The third-order valence-corrected chi connectivity index (χ3v) is 3.50. The van der Waals surface area contributed by atoms with Crippen molar-refractivity contribution in [1.82, 2.24) is 10.6 Å². The molecule has 0 aliphatic heterocycles. The van der Waals surface area contributed by atoms with Gasteiger partial charge in [0.15, 0.2) is 0 Å². The van der Waals surface area contributed by atoms with Crippen molar-refractivity contribution in [2.45, 2.75) is 32.5 Å². The zero-order chi connectivity index (χ0) is 21.6. The summed E-state index contributed by atoms with van der Waals surface area (Å²) in [5.41, 5.74) is 1.89. The lowest BCUT2D eigenvalue weighted by Crippen LogP contribution is -3.02. The van der Waals surface area contributed by atoms with Gasteiger partial charge < -0.3 is 30.2 Å². The van der Waals surface area contributed by atoms with E-state index in [0.29, 0.717) is 12.4 Å². The summed E-state index contributed by atoms with van der Waals surface area (Å²) in [4.78, 5) is 23.7. The maximum Gasteiger partial charge on any atom is 0.315 e. The molecule has 0 spiro atoms. The number of carbonyl (C=O) groups is 2. The van der Waals surface area contributed by atoms with Crippen LogP contribution in [0.5, 0.6) is 5.75 Å². The Morgan fingerprint density at radius 2 is 1.62 bits per heavy atom. The number of nitrogens with one attached hydrogen (secondary N) is 3. The second-order valence-electron chi connectivity index (χ2n) is 7.19. The first-order valence-corrected chi connectivity index (χ1v) is 9.53. The van der Waals surface area contributed by atoms with Crippen molar-refractivity contribution in [3.63, 3.8) is 0 Å². The molecule has 0 aromatic heterocycles. The summed E-state index contributed by atoms with van der Waals surface area (Å²) < 4.78 is 5.83. The van der Waals surface area contributed by atoms with Gasteiger partial charge in [0.1, 0.15) is 12.4 Å². The minimum absolute atomic E-state index is 0.232. The summed E-state index contributed by atoms with van der Waals surface area (Å²) in [6.45, 7) is 2.31. The van der Waals surface area contributed by atoms with Gasteiger partial charge in [0, 0.05) is 30.5 Å². The van der Waals surface area contributed by atoms with Crippen LogP contribution in [0.15, 0.2) is 54.6 Å². The summed E-state index contributed by atoms with van der Waals surface area (Å²) in [5.74, 6) is -0.512. The quantitative estimate of drug-likeness (QED) is 0.595. The molecule has 0 heterocycles. The Balaban J connectivity index is 0.000000960. The number of hydrogen-bond donors (Lipinski definition) is 3. The fourth-order valence-corrected chi connectivity index (χ4v) is 2.28. The second kappa shape index (κ2) is 13.2. The van der Waals surface area contributed by atoms with Crippen LogP contribution in [-0.2, 0) is 17.9 Å². The molecule has 7 nitrogen and oxygen atoms in total. The fraction of sp³-hybridized carbons (Fsp3) is 0.364. The first kappa shape index (κ1) is 24.0. The molecular formula is C22H31N3O4. The van der Waals surface area contributed by atoms with E-state index in [-0.39, 0.29) is 13.0 Å². The van der Waals surface area contributed by atoms with Gasteiger partial charge in [-0.3, -0.25) is 0 Å². The highest BCUT2D eigenvalue weighted by atomic mass is 16.5. The number of quaternary nitrogens is 1. The van der Waals surface area contributed by atoms with Crippen LogP contribution in [0.1, 0.15) is 24.5 Å². The highest BCUT2D eigenvalue weighted by molar-refractivity contribution is 5.75. The first-order valence-electron chi connectivity index (χ1n) is 9.53. The van der Waals surface area contributed by atoms with Crippen molar-refractivity contribution in [3.8, 4) is 5.75 Å². The van der Waals surface area contributed by atoms with Crippen LogP contribution in [0.25, 0.3) is 0 Å². The highest BCUT2D eigenvalue weighted by Gasteiger charge is 2.09. The highest BCUT2D eigenvalue weighted by Crippen LogP contribution is 2.19. The Morgan fingerprint density at radius 3 is 2.24 bits per heavy atom. The van der Waals surface area contributed by atoms with Crippen LogP contribution >= 0.6 is 0 Å². The number of ether oxygens (including phenoxy) is 1. The number of para-hydroxylation sites is 1. The number of rotatable bonds is 8. The lowest BCUT2D eigenvalue weighted by molar-refractivity contribution is -0.836. The Bertz CT molecular complexity index is 748. The van der Waals surface area contributed by atoms with Crippen LogP contribution in [0.2, 0.25) is 0 Å². The van der Waals surface area contributed by atoms with Gasteiger partial charge in [0.25, 0.3) is 0 Å². The zero-order valence-corrected chi connectivity index (χ0v) is 17.5. The minimum Gasteiger partial charge on any atom is -0.550 e. The third kappa shape index (κ3) is 11.4. The SMILES string of the molecule is C[C@H](CC(=O)[O-])NC(=O)NCc1ccccc1OCc1ccccc1.C[NH+](C)C. The third-order valence-electron chi connectivity index (χ3n) is 3.50. The molecule has 0 fully saturated rings. The monoisotopic (exact) mass is 401 g/mol. The largest absolute Gasteiger partial charge is 0.550 e. The van der Waals surface area contributed by atoms with Gasteiger partial charge in [0.2, 0.25) is 0 Å². The average Bonchev–Trinajstić information content (AvgIpc) is 2.65. The van der Waals surface area contributed by atoms with E-state index < -0.39 is 18.0 Å². The maximum absolute atomic E-state index is 11.8. The average molecular weight is 402 g/mol. The molecule has 29 heavy (non-hydrogen) atoms. The zero-order valence-electron chi connectivity index (χ0n) is 17.5. The van der Waals surface area contributed by atoms with E-state index in [9.17, 15) is 14.7 Å². The molecule has 0 aliphatic carbocycles. The van der Waals surface area contributed by atoms with Crippen LogP contribution in [-0.4, -0.2) is 39.2 Å². The Morgan fingerprint density at radius 1 is 1.03 bits per heavy atom. The van der Waals surface area contributed by atoms with Crippen LogP contribution in [0.3, 0.4) is 0 Å². The minimum atomic E-state index is -1.20. The normalized spacial score (nSPS) is 11.1. The molecule has 2 aromatic carbocycles. The van der Waals surface area contributed by atoms with E-state index in [1.165, 1.54) is 4.90 Å². The van der Waals surface area contributed by atoms with E-state index in [1.54, 1.807) is 6.92 Å². The molecule has 0 radical (unpaired) electrons. The predicted octanol–water partition coefficient (Wildman–Crippen LogP) is 0.354. The molecular weight excluding hydrogens is 370 g/mol. The van der Waals surface area contributed by atoms with Crippen LogP contribution in [0, 0.1) is 0 Å². The number of benzene rings is 2. The number of carboxylic acid groups (broad SMARTS) is 1. The molecule has 0 aliphatic rings. The van der Waals surface area contributed by atoms with Crippen molar-refractivity contribution in [3.05, 3.63) is 65.7 Å². The molecule has 0 saturated heterocycles. The topological polar surface area (TPSA) is 94.9 Å². The van der Waals surface area contributed by atoms with Gasteiger partial charge in [-0.1, -0.05) is 48.5 Å². The summed E-state index contributed by atoms with van der Waals surface area (Å²) in [6.07, 6.45) is -0.232. The van der Waals surface area contributed by atoms with Crippen molar-refractivity contribution < 1.29 is 24.3 Å². The van der Waals surface area contributed by atoms with Gasteiger partial charge in [-0.2, -0.15) is 0 Å². The van der Waals surface area contributed by atoms with E-state index in [2.05, 4.69) is 31.8 Å². The summed E-state index contributed by atoms with van der Waals surface area (Å²) >= 11 is 0. The predicted molar refractivity (Wildman–Crippen MR) is 110 cm³/mol. The van der Waals surface area contributed by atoms with Gasteiger partial charge in [-0.15, -0.1) is 0 Å². The number of urea groups is 1. The van der Waals surface area contributed by atoms with E-state index in [0.717, 1.165) is 11.1 Å². The molecule has 2 rings (SSSR count). The summed E-state index contributed by atoms with van der Waals surface area (Å²) in [5, 5.41) is 15.8. The molecule has 2 aromatic rings. The molecule has 7 heteroatoms. The van der Waals surface area contributed by atoms with Crippen LogP contribution < -0.4 is 25.4 Å². The van der Waals surface area contributed by atoms with Crippen LogP contribution in [0.4, 0.5) is 4.79 Å². The molecule has 2 amide bonds. The molecule has 1 atom stereocenters. The molecule has 0 saturated carbocycles. The van der Waals surface area contributed by atoms with E-state index in [4.69, 9.17) is 4.74 Å². The standard InChI is InChI=1S/C19H22N2O4.C3H9N/c1-14(11-18(22)23)21-19(24)20-12-16-9-5-6-10-17(16)25-13-15-7-3-2-4-8-15;1-4(2)3/h2-10,14H,11-13H2,1H3,(H,22,23)(H2,20,21,24);1-3H3/t14-;/m1./s1. The van der Waals surface area contributed by atoms with Crippen molar-refractivity contribution in [1.29, 1.82) is 0 Å². The second-order valence-corrected chi connectivity index (χ2v) is 7.19. The number of carbonyl (C=O) groups excluding carboxylic acids is 2. The maximum atomic E-state index is 11.8. The Hall–Kier alpha value is -3.06. The first-order chi connectivity index (χ1) is 13.8. The molecule has 0 bridgehead atoms. The van der Waals surface area contributed by atoms with Crippen molar-refractivity contribution in [2.75, 3.05) is 21.1 Å². The fourth-order valence-electron chi connectivity index (χ4n) is 2.28. The van der Waals surface area contributed by atoms with Gasteiger partial charge in [0.05, 0.1) is 21.1 Å². The molecule has 0 unspecified atom stereocenters. The van der Waals surface area contributed by atoms with Crippen molar-refractivity contribution >= 4 is 12.0 Å². The van der Waals surface area contributed by atoms with Gasteiger partial charge in [-0.05, 0) is 18.6 Å². The van der Waals surface area contributed by atoms with E-state index in [1.807, 2.05) is 54.6 Å². The number of hydrogen-bond acceptors (Lipinski definition) is 4. The van der Waals surface area contributed by atoms with Gasteiger partial charge in [-0.25, -0.2) is 4.79 Å². The summed E-state index contributed by atoms with van der Waals surface area (Å²) in [7, 11) is 6.25. The van der Waals surface area contributed by atoms with Gasteiger partial charge >= 0.3 is 6.03 Å². The molecule has 3 N–H and O–H groups in total. The number of carboxylic acids is 1. The number of amides is 2. The smallest absolute Gasteiger partial charge is 0.315 e. The lowest BCUT2D eigenvalue weighted by atomic mass is 10.2. The Labute approximate surface area is 172 Å². The summed E-state index contributed by atoms with van der Waals surface area (Å²) in [6, 6.07) is 16.3. The number of aliphatic carboxylic acids is 1. The Kier molecular flexibility index (Phi) is 10.9. The van der Waals surface area contributed by atoms with E-state index >= 15 is 0 Å².